The molecule has 2 rings (SSSR count). The van der Waals surface area contributed by atoms with Gasteiger partial charge < -0.3 is 10.0 Å². The lowest BCUT2D eigenvalue weighted by atomic mass is 10.1. The van der Waals surface area contributed by atoms with Crippen molar-refractivity contribution in [3.05, 3.63) is 48.6 Å². The van der Waals surface area contributed by atoms with Crippen molar-refractivity contribution >= 4 is 17.7 Å². The van der Waals surface area contributed by atoms with Crippen LogP contribution in [0.4, 0.5) is 0 Å². The second kappa shape index (κ2) is 8.82. The number of hydrogen-bond donors (Lipinski definition) is 1. The van der Waals surface area contributed by atoms with Gasteiger partial charge in [0.1, 0.15) is 5.25 Å². The van der Waals surface area contributed by atoms with Gasteiger partial charge in [-0.1, -0.05) is 36.4 Å². The van der Waals surface area contributed by atoms with Crippen LogP contribution in [0.3, 0.4) is 0 Å². The maximum Gasteiger partial charge on any atom is 0.240 e. The van der Waals surface area contributed by atoms with Gasteiger partial charge in [0.15, 0.2) is 0 Å². The number of benzene rings is 1. The monoisotopic (exact) mass is 293 g/mol. The number of amides is 1. The van der Waals surface area contributed by atoms with E-state index in [2.05, 4.69) is 6.58 Å². The number of aliphatic hydroxyl groups is 1. The zero-order chi connectivity index (χ0) is 15.0. The van der Waals surface area contributed by atoms with Crippen LogP contribution in [0.25, 0.3) is 0 Å². The first kappa shape index (κ1) is 16.8. The van der Waals surface area contributed by atoms with Crippen LogP contribution >= 0.6 is 11.8 Å². The molecule has 0 radical (unpaired) electrons. The molecule has 1 saturated heterocycles. The van der Waals surface area contributed by atoms with E-state index in [-0.39, 0.29) is 17.3 Å². The first-order valence-corrected chi connectivity index (χ1v) is 8.04. The van der Waals surface area contributed by atoms with Crippen molar-refractivity contribution in [1.29, 1.82) is 0 Å². The molecule has 2 unspecified atom stereocenters. The quantitative estimate of drug-likeness (QED) is 0.871. The van der Waals surface area contributed by atoms with E-state index in [0.717, 1.165) is 5.56 Å². The Hall–Kier alpha value is -1.26. The van der Waals surface area contributed by atoms with Crippen molar-refractivity contribution in [2.45, 2.75) is 24.7 Å². The third-order valence-corrected chi connectivity index (χ3v) is 3.98. The van der Waals surface area contributed by atoms with Crippen LogP contribution in [-0.4, -0.2) is 41.4 Å². The van der Waals surface area contributed by atoms with E-state index in [0.29, 0.717) is 19.5 Å². The van der Waals surface area contributed by atoms with Crippen molar-refractivity contribution in [2.24, 2.45) is 0 Å². The Balaban J connectivity index is 0.000000612. The Labute approximate surface area is 125 Å². The molecule has 1 N–H and O–H groups in total. The minimum absolute atomic E-state index is 0.111. The highest BCUT2D eigenvalue weighted by Gasteiger charge is 2.30. The molecule has 1 amide bonds. The van der Waals surface area contributed by atoms with Crippen LogP contribution in [0.2, 0.25) is 0 Å². The summed E-state index contributed by atoms with van der Waals surface area (Å²) in [5.74, 6) is 0.111. The number of allylic oxidation sites excluding steroid dienone is 1. The molecule has 3 nitrogen and oxygen atoms in total. The van der Waals surface area contributed by atoms with Gasteiger partial charge in [0, 0.05) is 13.1 Å². The van der Waals surface area contributed by atoms with Crippen LogP contribution in [-0.2, 0) is 4.79 Å². The summed E-state index contributed by atoms with van der Waals surface area (Å²) in [5.41, 5.74) is 1.03. The van der Waals surface area contributed by atoms with Crippen molar-refractivity contribution in [3.63, 3.8) is 0 Å². The van der Waals surface area contributed by atoms with Crippen LogP contribution in [0, 0.1) is 0 Å². The summed E-state index contributed by atoms with van der Waals surface area (Å²) in [7, 11) is 0. The zero-order valence-corrected chi connectivity index (χ0v) is 13.0. The van der Waals surface area contributed by atoms with E-state index in [9.17, 15) is 9.90 Å². The average Bonchev–Trinajstić information content (AvgIpc) is 2.88. The maximum absolute atomic E-state index is 12.3. The molecule has 1 heterocycles. The van der Waals surface area contributed by atoms with E-state index in [1.54, 1.807) is 22.7 Å². The predicted molar refractivity (Wildman–Crippen MR) is 85.8 cm³/mol. The second-order valence-electron chi connectivity index (χ2n) is 4.66. The number of likely N-dealkylation sites (tertiary alicyclic amines) is 1. The standard InChI is InChI=1S/C13H17NO2S.C3H6/c1-17-12(10-5-3-2-4-6-10)13(16)14-8-7-11(15)9-14;1-3-2/h2-6,11-12,15H,7-9H2,1H3;3H,1H2,2H3. The SMILES string of the molecule is C=CC.CSC(C(=O)N1CCC(O)C1)c1ccccc1. The largest absolute Gasteiger partial charge is 0.391 e. The lowest BCUT2D eigenvalue weighted by molar-refractivity contribution is -0.130. The van der Waals surface area contributed by atoms with Crippen LogP contribution in [0.1, 0.15) is 24.2 Å². The fraction of sp³-hybridized carbons (Fsp3) is 0.438. The van der Waals surface area contributed by atoms with Gasteiger partial charge in [-0.3, -0.25) is 4.79 Å². The molecular formula is C16H23NO2S. The Kier molecular flexibility index (Phi) is 7.41. The van der Waals surface area contributed by atoms with Crippen LogP contribution in [0.15, 0.2) is 43.0 Å². The summed E-state index contributed by atoms with van der Waals surface area (Å²) in [6.07, 6.45) is 4.04. The Bertz CT molecular complexity index is 422. The summed E-state index contributed by atoms with van der Waals surface area (Å²) in [6.45, 7) is 6.40. The maximum atomic E-state index is 12.3. The summed E-state index contributed by atoms with van der Waals surface area (Å²) in [5, 5.41) is 9.32. The van der Waals surface area contributed by atoms with Gasteiger partial charge in [-0.05, 0) is 25.2 Å². The number of thioether (sulfide) groups is 1. The molecule has 1 aliphatic heterocycles. The number of nitrogens with zero attached hydrogens (tertiary/aromatic N) is 1. The summed E-state index contributed by atoms with van der Waals surface area (Å²) in [6, 6.07) is 9.80. The van der Waals surface area contributed by atoms with Crippen molar-refractivity contribution in [2.75, 3.05) is 19.3 Å². The summed E-state index contributed by atoms with van der Waals surface area (Å²) < 4.78 is 0. The minimum atomic E-state index is -0.350. The van der Waals surface area contributed by atoms with Crippen molar-refractivity contribution < 1.29 is 9.90 Å². The molecule has 110 valence electrons. The van der Waals surface area contributed by atoms with Crippen LogP contribution in [0.5, 0.6) is 0 Å². The molecular weight excluding hydrogens is 270 g/mol. The summed E-state index contributed by atoms with van der Waals surface area (Å²) in [4.78, 5) is 14.1. The molecule has 1 aliphatic rings. The fourth-order valence-electron chi connectivity index (χ4n) is 2.12. The fourth-order valence-corrected chi connectivity index (χ4v) is 2.90. The number of rotatable bonds is 3. The van der Waals surface area contributed by atoms with Gasteiger partial charge in [0.25, 0.3) is 0 Å². The van der Waals surface area contributed by atoms with Gasteiger partial charge in [-0.2, -0.15) is 0 Å². The highest BCUT2D eigenvalue weighted by atomic mass is 32.2. The van der Waals surface area contributed by atoms with Crippen LogP contribution < -0.4 is 0 Å². The zero-order valence-electron chi connectivity index (χ0n) is 12.2. The Morgan fingerprint density at radius 2 is 2.10 bits per heavy atom. The lowest BCUT2D eigenvalue weighted by Crippen LogP contribution is -2.32. The molecule has 0 saturated carbocycles. The Morgan fingerprint density at radius 1 is 1.50 bits per heavy atom. The highest BCUT2D eigenvalue weighted by Crippen LogP contribution is 2.29. The molecule has 0 aliphatic carbocycles. The number of hydrogen-bond acceptors (Lipinski definition) is 3. The van der Waals surface area contributed by atoms with Gasteiger partial charge >= 0.3 is 0 Å². The first-order valence-electron chi connectivity index (χ1n) is 6.75. The van der Waals surface area contributed by atoms with Crippen molar-refractivity contribution in [3.8, 4) is 0 Å². The molecule has 4 heteroatoms. The second-order valence-corrected chi connectivity index (χ2v) is 5.60. The van der Waals surface area contributed by atoms with E-state index in [1.807, 2.05) is 43.5 Å². The van der Waals surface area contributed by atoms with E-state index >= 15 is 0 Å². The molecule has 0 spiro atoms. The lowest BCUT2D eigenvalue weighted by Gasteiger charge is -2.22. The molecule has 1 aromatic carbocycles. The number of aliphatic hydroxyl groups excluding tert-OH is 1. The van der Waals surface area contributed by atoms with Crippen molar-refractivity contribution in [1.82, 2.24) is 4.90 Å². The van der Waals surface area contributed by atoms with E-state index in [4.69, 9.17) is 0 Å². The molecule has 0 bridgehead atoms. The van der Waals surface area contributed by atoms with Gasteiger partial charge in [0.2, 0.25) is 5.91 Å². The van der Waals surface area contributed by atoms with E-state index in [1.165, 1.54) is 0 Å². The molecule has 0 aromatic heterocycles. The minimum Gasteiger partial charge on any atom is -0.391 e. The first-order chi connectivity index (χ1) is 9.63. The normalized spacial score (nSPS) is 18.9. The highest BCUT2D eigenvalue weighted by molar-refractivity contribution is 7.99. The van der Waals surface area contributed by atoms with Gasteiger partial charge in [0.05, 0.1) is 6.10 Å². The predicted octanol–water partition coefficient (Wildman–Crippen LogP) is 2.88. The smallest absolute Gasteiger partial charge is 0.240 e. The molecule has 2 atom stereocenters. The van der Waals surface area contributed by atoms with Gasteiger partial charge in [-0.25, -0.2) is 0 Å². The molecule has 1 aromatic rings. The topological polar surface area (TPSA) is 40.5 Å². The Morgan fingerprint density at radius 3 is 2.55 bits per heavy atom. The average molecular weight is 293 g/mol. The summed E-state index contributed by atoms with van der Waals surface area (Å²) >= 11 is 1.55. The third-order valence-electron chi connectivity index (χ3n) is 3.04. The number of carbonyl (C=O) groups excluding carboxylic acids is 1. The third kappa shape index (κ3) is 4.69. The van der Waals surface area contributed by atoms with Gasteiger partial charge in [-0.15, -0.1) is 18.3 Å². The number of carbonyl (C=O) groups is 1. The molecule has 20 heavy (non-hydrogen) atoms. The van der Waals surface area contributed by atoms with E-state index < -0.39 is 0 Å². The number of β-amino-alcohol motifs (C(OH)–C–C–N with tert-alkyl or cyclic N) is 1. The molecule has 1 fully saturated rings.